The van der Waals surface area contributed by atoms with Crippen molar-refractivity contribution in [2.45, 2.75) is 33.7 Å². The first-order chi connectivity index (χ1) is 8.04. The van der Waals surface area contributed by atoms with Gasteiger partial charge in [-0.2, -0.15) is 0 Å². The van der Waals surface area contributed by atoms with Crippen LogP contribution in [0.3, 0.4) is 0 Å². The van der Waals surface area contributed by atoms with Crippen LogP contribution in [0.5, 0.6) is 0 Å². The van der Waals surface area contributed by atoms with Gasteiger partial charge in [0.2, 0.25) is 0 Å². The fourth-order valence-corrected chi connectivity index (χ4v) is 2.18. The fourth-order valence-electron chi connectivity index (χ4n) is 1.38. The lowest BCUT2D eigenvalue weighted by molar-refractivity contribution is -0.147. The zero-order valence-electron chi connectivity index (χ0n) is 10.8. The van der Waals surface area contributed by atoms with Crippen molar-refractivity contribution in [2.24, 2.45) is 5.92 Å². The van der Waals surface area contributed by atoms with Crippen LogP contribution in [0.2, 0.25) is 0 Å². The van der Waals surface area contributed by atoms with E-state index in [0.717, 1.165) is 5.01 Å². The molecule has 0 saturated heterocycles. The number of carbonyl (C=O) groups is 1. The summed E-state index contributed by atoms with van der Waals surface area (Å²) in [4.78, 5) is 16.9. The van der Waals surface area contributed by atoms with Crippen LogP contribution in [0.4, 0.5) is 0 Å². The average molecular weight is 256 g/mol. The molecule has 0 saturated carbocycles. The van der Waals surface area contributed by atoms with Crippen LogP contribution in [-0.2, 0) is 9.53 Å². The molecule has 2 unspecified atom stereocenters. The van der Waals surface area contributed by atoms with Crippen LogP contribution >= 0.6 is 11.3 Å². The molecule has 1 heterocycles. The molecule has 0 aliphatic rings. The van der Waals surface area contributed by atoms with Crippen molar-refractivity contribution in [1.29, 1.82) is 0 Å². The molecular formula is C12H20N2O2S. The zero-order valence-corrected chi connectivity index (χ0v) is 11.6. The lowest BCUT2D eigenvalue weighted by Gasteiger charge is -2.15. The molecule has 0 radical (unpaired) electrons. The molecule has 1 N–H and O–H groups in total. The summed E-state index contributed by atoms with van der Waals surface area (Å²) in [7, 11) is 0. The van der Waals surface area contributed by atoms with E-state index in [-0.39, 0.29) is 17.9 Å². The Bertz CT molecular complexity index is 365. The van der Waals surface area contributed by atoms with E-state index in [1.165, 1.54) is 4.88 Å². The Balaban J connectivity index is 2.37. The van der Waals surface area contributed by atoms with Crippen molar-refractivity contribution in [3.8, 4) is 0 Å². The fraction of sp³-hybridized carbons (Fsp3) is 0.667. The molecule has 0 aromatic carbocycles. The zero-order chi connectivity index (χ0) is 12.8. The van der Waals surface area contributed by atoms with Gasteiger partial charge in [-0.1, -0.05) is 6.92 Å². The van der Waals surface area contributed by atoms with E-state index in [0.29, 0.717) is 13.2 Å². The summed E-state index contributed by atoms with van der Waals surface area (Å²) < 4.78 is 4.95. The van der Waals surface area contributed by atoms with Gasteiger partial charge in [-0.3, -0.25) is 4.79 Å². The predicted octanol–water partition coefficient (Wildman–Crippen LogP) is 2.30. The summed E-state index contributed by atoms with van der Waals surface area (Å²) in [5, 5.41) is 4.35. The second kappa shape index (κ2) is 6.71. The number of nitrogens with zero attached hydrogens (tertiary/aromatic N) is 1. The molecule has 5 heteroatoms. The van der Waals surface area contributed by atoms with Crippen LogP contribution < -0.4 is 5.32 Å². The van der Waals surface area contributed by atoms with E-state index in [1.54, 1.807) is 11.3 Å². The van der Waals surface area contributed by atoms with E-state index >= 15 is 0 Å². The number of rotatable bonds is 6. The molecule has 0 aliphatic heterocycles. The summed E-state index contributed by atoms with van der Waals surface area (Å²) in [6.45, 7) is 8.82. The van der Waals surface area contributed by atoms with Gasteiger partial charge in [0.25, 0.3) is 0 Å². The quantitative estimate of drug-likeness (QED) is 0.793. The first-order valence-corrected chi connectivity index (χ1v) is 6.68. The normalized spacial score (nSPS) is 14.4. The first kappa shape index (κ1) is 14.1. The SMILES string of the molecule is CCOC(=O)C(C)CNC(C)c1ncc(C)s1. The van der Waals surface area contributed by atoms with Gasteiger partial charge < -0.3 is 10.1 Å². The van der Waals surface area contributed by atoms with Crippen molar-refractivity contribution in [3.05, 3.63) is 16.1 Å². The van der Waals surface area contributed by atoms with Crippen LogP contribution in [0.1, 0.15) is 36.7 Å². The molecule has 1 aromatic rings. The largest absolute Gasteiger partial charge is 0.466 e. The Morgan fingerprint density at radius 1 is 1.59 bits per heavy atom. The number of aryl methyl sites for hydroxylation is 1. The Morgan fingerprint density at radius 2 is 2.29 bits per heavy atom. The topological polar surface area (TPSA) is 51.2 Å². The number of carbonyl (C=O) groups excluding carboxylic acids is 1. The molecule has 0 spiro atoms. The molecule has 0 amide bonds. The molecule has 2 atom stereocenters. The van der Waals surface area contributed by atoms with Crippen LogP contribution in [-0.4, -0.2) is 24.1 Å². The minimum absolute atomic E-state index is 0.126. The first-order valence-electron chi connectivity index (χ1n) is 5.87. The molecule has 0 bridgehead atoms. The van der Waals surface area contributed by atoms with Crippen LogP contribution in [0.25, 0.3) is 0 Å². The number of esters is 1. The highest BCUT2D eigenvalue weighted by molar-refractivity contribution is 7.11. The molecule has 4 nitrogen and oxygen atoms in total. The Kier molecular flexibility index (Phi) is 5.58. The predicted molar refractivity (Wildman–Crippen MR) is 69.1 cm³/mol. The second-order valence-electron chi connectivity index (χ2n) is 4.09. The van der Waals surface area contributed by atoms with Gasteiger partial charge in [0.15, 0.2) is 0 Å². The van der Waals surface area contributed by atoms with Crippen LogP contribution in [0, 0.1) is 12.8 Å². The maximum Gasteiger partial charge on any atom is 0.309 e. The summed E-state index contributed by atoms with van der Waals surface area (Å²) in [5.74, 6) is -0.277. The lowest BCUT2D eigenvalue weighted by atomic mass is 10.2. The van der Waals surface area contributed by atoms with Gasteiger partial charge in [0.05, 0.1) is 18.6 Å². The minimum Gasteiger partial charge on any atom is -0.466 e. The summed E-state index contributed by atoms with van der Waals surface area (Å²) >= 11 is 1.68. The Morgan fingerprint density at radius 3 is 2.82 bits per heavy atom. The van der Waals surface area contributed by atoms with E-state index < -0.39 is 0 Å². The molecule has 96 valence electrons. The van der Waals surface area contributed by atoms with E-state index in [9.17, 15) is 4.79 Å². The van der Waals surface area contributed by atoms with Crippen molar-refractivity contribution in [3.63, 3.8) is 0 Å². The second-order valence-corrected chi connectivity index (χ2v) is 5.36. The summed E-state index contributed by atoms with van der Waals surface area (Å²) in [6, 6.07) is 0.172. The molecule has 0 fully saturated rings. The molecule has 17 heavy (non-hydrogen) atoms. The third-order valence-corrected chi connectivity index (χ3v) is 3.52. The van der Waals surface area contributed by atoms with Gasteiger partial charge in [-0.05, 0) is 20.8 Å². The van der Waals surface area contributed by atoms with Crippen molar-refractivity contribution in [1.82, 2.24) is 10.3 Å². The van der Waals surface area contributed by atoms with E-state index in [4.69, 9.17) is 4.74 Å². The standard InChI is InChI=1S/C12H20N2O2S/c1-5-16-12(15)8(2)6-13-10(4)11-14-7-9(3)17-11/h7-8,10,13H,5-6H2,1-4H3. The van der Waals surface area contributed by atoms with E-state index in [1.807, 2.05) is 27.0 Å². The molecule has 1 aromatic heterocycles. The van der Waals surface area contributed by atoms with Crippen LogP contribution in [0.15, 0.2) is 6.20 Å². The Hall–Kier alpha value is -0.940. The number of aromatic nitrogens is 1. The third kappa shape index (κ3) is 4.44. The third-order valence-electron chi connectivity index (χ3n) is 2.43. The summed E-state index contributed by atoms with van der Waals surface area (Å²) in [6.07, 6.45) is 1.87. The van der Waals surface area contributed by atoms with Gasteiger partial charge in [0.1, 0.15) is 5.01 Å². The Labute approximate surface area is 106 Å². The molecular weight excluding hydrogens is 236 g/mol. The van der Waals surface area contributed by atoms with Gasteiger partial charge in [-0.15, -0.1) is 11.3 Å². The van der Waals surface area contributed by atoms with Crippen molar-refractivity contribution in [2.75, 3.05) is 13.2 Å². The lowest BCUT2D eigenvalue weighted by Crippen LogP contribution is -2.29. The number of nitrogens with one attached hydrogen (secondary N) is 1. The van der Waals surface area contributed by atoms with Gasteiger partial charge in [0, 0.05) is 17.6 Å². The highest BCUT2D eigenvalue weighted by atomic mass is 32.1. The number of thiazole rings is 1. The minimum atomic E-state index is -0.150. The highest BCUT2D eigenvalue weighted by Gasteiger charge is 2.16. The maximum atomic E-state index is 11.4. The maximum absolute atomic E-state index is 11.4. The van der Waals surface area contributed by atoms with E-state index in [2.05, 4.69) is 17.2 Å². The summed E-state index contributed by atoms with van der Waals surface area (Å²) in [5.41, 5.74) is 0. The average Bonchev–Trinajstić information content (AvgIpc) is 2.72. The molecule has 0 aliphatic carbocycles. The van der Waals surface area contributed by atoms with Gasteiger partial charge >= 0.3 is 5.97 Å². The highest BCUT2D eigenvalue weighted by Crippen LogP contribution is 2.18. The number of hydrogen-bond acceptors (Lipinski definition) is 5. The van der Waals surface area contributed by atoms with Crippen molar-refractivity contribution < 1.29 is 9.53 Å². The monoisotopic (exact) mass is 256 g/mol. The smallest absolute Gasteiger partial charge is 0.309 e. The van der Waals surface area contributed by atoms with Gasteiger partial charge in [-0.25, -0.2) is 4.98 Å². The molecule has 1 rings (SSSR count). The number of ether oxygens (including phenoxy) is 1. The number of hydrogen-bond donors (Lipinski definition) is 1. The van der Waals surface area contributed by atoms with Crippen molar-refractivity contribution >= 4 is 17.3 Å².